The predicted molar refractivity (Wildman–Crippen MR) is 113 cm³/mol. The van der Waals surface area contributed by atoms with Crippen LogP contribution >= 0.6 is 0 Å². The number of aromatic nitrogens is 3. The second-order valence-corrected chi connectivity index (χ2v) is 7.58. The van der Waals surface area contributed by atoms with Crippen LogP contribution in [0.15, 0.2) is 54.7 Å². The average Bonchev–Trinajstić information content (AvgIpc) is 3.22. The molecule has 4 rings (SSSR count). The summed E-state index contributed by atoms with van der Waals surface area (Å²) in [6.45, 7) is 3.01. The number of amides is 1. The highest BCUT2D eigenvalue weighted by molar-refractivity contribution is 5.91. The van der Waals surface area contributed by atoms with Gasteiger partial charge in [-0.25, -0.2) is 0 Å². The zero-order valence-corrected chi connectivity index (χ0v) is 17.4. The number of benzene rings is 2. The van der Waals surface area contributed by atoms with Gasteiger partial charge >= 0.3 is 0 Å². The summed E-state index contributed by atoms with van der Waals surface area (Å²) in [7, 11) is 1.68. The molecule has 0 bridgehead atoms. The Morgan fingerprint density at radius 1 is 1.32 bits per heavy atom. The minimum absolute atomic E-state index is 0.171. The number of nitrogens with one attached hydrogen (secondary N) is 1. The molecule has 2 aromatic carbocycles. The smallest absolute Gasteiger partial charge is 0.230 e. The molecule has 0 spiro atoms. The number of anilines is 1. The number of hydrogen-bond acceptors (Lipinski definition) is 6. The van der Waals surface area contributed by atoms with Gasteiger partial charge in [0.2, 0.25) is 5.91 Å². The lowest BCUT2D eigenvalue weighted by atomic mass is 9.91. The van der Waals surface area contributed by atoms with Crippen molar-refractivity contribution < 1.29 is 14.3 Å². The van der Waals surface area contributed by atoms with Gasteiger partial charge in [-0.2, -0.15) is 15.2 Å². The maximum atomic E-state index is 12.5. The fourth-order valence-corrected chi connectivity index (χ4v) is 3.51. The zero-order chi connectivity index (χ0) is 21.8. The Labute approximate surface area is 180 Å². The summed E-state index contributed by atoms with van der Waals surface area (Å²) in [5.41, 5.74) is 3.06. The topological polar surface area (TPSA) is 102 Å². The van der Waals surface area contributed by atoms with Crippen molar-refractivity contribution in [3.8, 4) is 6.07 Å². The summed E-state index contributed by atoms with van der Waals surface area (Å²) in [5.74, 6) is 0.210. The number of rotatable bonds is 7. The molecule has 8 nitrogen and oxygen atoms in total. The van der Waals surface area contributed by atoms with Crippen molar-refractivity contribution in [2.45, 2.75) is 25.0 Å². The first-order valence-electron chi connectivity index (χ1n) is 9.97. The van der Waals surface area contributed by atoms with Gasteiger partial charge < -0.3 is 14.8 Å². The van der Waals surface area contributed by atoms with Crippen molar-refractivity contribution >= 4 is 11.7 Å². The molecule has 1 aliphatic rings. The first-order valence-corrected chi connectivity index (χ1v) is 9.97. The van der Waals surface area contributed by atoms with E-state index in [0.717, 1.165) is 16.7 Å². The lowest BCUT2D eigenvalue weighted by Gasteiger charge is -2.40. The van der Waals surface area contributed by atoms with Crippen LogP contribution in [0.4, 0.5) is 5.82 Å². The molecule has 2 heterocycles. The molecule has 1 N–H and O–H groups in total. The minimum Gasteiger partial charge on any atom is -0.375 e. The van der Waals surface area contributed by atoms with E-state index in [1.165, 1.54) is 11.0 Å². The second-order valence-electron chi connectivity index (χ2n) is 7.58. The van der Waals surface area contributed by atoms with Crippen LogP contribution in [0.25, 0.3) is 0 Å². The Kier molecular flexibility index (Phi) is 5.80. The average molecular weight is 417 g/mol. The summed E-state index contributed by atoms with van der Waals surface area (Å²) in [4.78, 5) is 14.0. The van der Waals surface area contributed by atoms with Gasteiger partial charge in [0.05, 0.1) is 43.5 Å². The third kappa shape index (κ3) is 4.33. The summed E-state index contributed by atoms with van der Waals surface area (Å²) in [6, 6.07) is 17.1. The largest absolute Gasteiger partial charge is 0.375 e. The van der Waals surface area contributed by atoms with Gasteiger partial charge in [0.1, 0.15) is 5.60 Å². The SMILES string of the molecule is COC1(c2ccc(CC(=O)Nc3cnn(C(C)c4cccc(C#N)c4)n3)cc2)COC1. The highest BCUT2D eigenvalue weighted by Crippen LogP contribution is 2.33. The quantitative estimate of drug-likeness (QED) is 0.634. The van der Waals surface area contributed by atoms with Crippen molar-refractivity contribution in [2.75, 3.05) is 25.6 Å². The van der Waals surface area contributed by atoms with Crippen molar-refractivity contribution in [2.24, 2.45) is 0 Å². The van der Waals surface area contributed by atoms with Crippen molar-refractivity contribution in [3.05, 3.63) is 77.0 Å². The molecule has 0 radical (unpaired) electrons. The maximum Gasteiger partial charge on any atom is 0.230 e. The monoisotopic (exact) mass is 417 g/mol. The molecule has 1 amide bonds. The van der Waals surface area contributed by atoms with Crippen LogP contribution in [0.1, 0.15) is 35.2 Å². The molecule has 1 aliphatic heterocycles. The van der Waals surface area contributed by atoms with Gasteiger partial charge in [-0.1, -0.05) is 36.4 Å². The molecule has 158 valence electrons. The molecule has 0 saturated carbocycles. The predicted octanol–water partition coefficient (Wildman–Crippen LogP) is 2.81. The first-order chi connectivity index (χ1) is 15.0. The normalized spacial score (nSPS) is 15.5. The van der Waals surface area contributed by atoms with E-state index < -0.39 is 0 Å². The van der Waals surface area contributed by atoms with Crippen LogP contribution in [0, 0.1) is 11.3 Å². The Balaban J connectivity index is 1.37. The van der Waals surface area contributed by atoms with Crippen molar-refractivity contribution in [3.63, 3.8) is 0 Å². The number of carbonyl (C=O) groups excluding carboxylic acids is 1. The fraction of sp³-hybridized carbons (Fsp3) is 0.304. The van der Waals surface area contributed by atoms with E-state index in [0.29, 0.717) is 24.6 Å². The number of ether oxygens (including phenoxy) is 2. The number of hydrogen-bond donors (Lipinski definition) is 1. The van der Waals surface area contributed by atoms with Gasteiger partial charge in [0.15, 0.2) is 5.82 Å². The van der Waals surface area contributed by atoms with Crippen LogP contribution in [0.5, 0.6) is 0 Å². The van der Waals surface area contributed by atoms with Gasteiger partial charge in [-0.05, 0) is 35.7 Å². The minimum atomic E-state index is -0.372. The molecular weight excluding hydrogens is 394 g/mol. The third-order valence-electron chi connectivity index (χ3n) is 5.53. The second kappa shape index (κ2) is 8.68. The van der Waals surface area contributed by atoms with E-state index in [4.69, 9.17) is 14.7 Å². The molecule has 31 heavy (non-hydrogen) atoms. The van der Waals surface area contributed by atoms with E-state index >= 15 is 0 Å². The molecule has 1 saturated heterocycles. The Hall–Kier alpha value is -3.54. The van der Waals surface area contributed by atoms with Crippen LogP contribution in [0.3, 0.4) is 0 Å². The molecule has 1 unspecified atom stereocenters. The van der Waals surface area contributed by atoms with Gasteiger partial charge in [0, 0.05) is 7.11 Å². The Bertz CT molecular complexity index is 1110. The van der Waals surface area contributed by atoms with Crippen LogP contribution in [0.2, 0.25) is 0 Å². The fourth-order valence-electron chi connectivity index (χ4n) is 3.51. The lowest BCUT2D eigenvalue weighted by molar-refractivity contribution is -0.202. The zero-order valence-electron chi connectivity index (χ0n) is 17.4. The Morgan fingerprint density at radius 2 is 2.10 bits per heavy atom. The van der Waals surface area contributed by atoms with Crippen LogP contribution in [-0.4, -0.2) is 41.2 Å². The molecule has 1 aromatic heterocycles. The number of nitriles is 1. The van der Waals surface area contributed by atoms with E-state index in [9.17, 15) is 4.79 Å². The number of nitrogens with zero attached hydrogens (tertiary/aromatic N) is 4. The highest BCUT2D eigenvalue weighted by atomic mass is 16.6. The highest BCUT2D eigenvalue weighted by Gasteiger charge is 2.40. The third-order valence-corrected chi connectivity index (χ3v) is 5.53. The van der Waals surface area contributed by atoms with Crippen LogP contribution < -0.4 is 5.32 Å². The van der Waals surface area contributed by atoms with Crippen molar-refractivity contribution in [1.29, 1.82) is 5.26 Å². The summed E-state index contributed by atoms with van der Waals surface area (Å²) >= 11 is 0. The number of carbonyl (C=O) groups is 1. The molecule has 1 fully saturated rings. The molecular formula is C23H23N5O3. The van der Waals surface area contributed by atoms with Gasteiger partial charge in [-0.15, -0.1) is 5.10 Å². The van der Waals surface area contributed by atoms with E-state index in [1.54, 1.807) is 19.2 Å². The van der Waals surface area contributed by atoms with Crippen molar-refractivity contribution in [1.82, 2.24) is 15.0 Å². The molecule has 8 heteroatoms. The maximum absolute atomic E-state index is 12.5. The van der Waals surface area contributed by atoms with Gasteiger partial charge in [-0.3, -0.25) is 4.79 Å². The van der Waals surface area contributed by atoms with E-state index in [2.05, 4.69) is 21.6 Å². The van der Waals surface area contributed by atoms with Crippen LogP contribution in [-0.2, 0) is 26.3 Å². The lowest BCUT2D eigenvalue weighted by Crippen LogP contribution is -2.48. The summed E-state index contributed by atoms with van der Waals surface area (Å²) < 4.78 is 10.9. The molecule has 1 atom stereocenters. The van der Waals surface area contributed by atoms with Gasteiger partial charge in [0.25, 0.3) is 0 Å². The Morgan fingerprint density at radius 3 is 2.74 bits per heavy atom. The standard InChI is InChI=1S/C23H23N5O3/c1-16(19-5-3-4-18(10-19)12-24)28-25-13-21(27-28)26-22(29)11-17-6-8-20(9-7-17)23(30-2)14-31-15-23/h3-10,13,16H,11,14-15H2,1-2H3,(H,26,27,29). The summed E-state index contributed by atoms with van der Waals surface area (Å²) in [5, 5.41) is 20.5. The summed E-state index contributed by atoms with van der Waals surface area (Å²) in [6.07, 6.45) is 1.74. The number of methoxy groups -OCH3 is 1. The van der Waals surface area contributed by atoms with E-state index in [1.807, 2.05) is 43.3 Å². The van der Waals surface area contributed by atoms with E-state index in [-0.39, 0.29) is 24.0 Å². The molecule has 3 aromatic rings. The first kappa shape index (κ1) is 20.7. The molecule has 0 aliphatic carbocycles.